The minimum absolute atomic E-state index is 0.131. The number of para-hydroxylation sites is 2. The lowest BCUT2D eigenvalue weighted by Gasteiger charge is -2.24. The van der Waals surface area contributed by atoms with Gasteiger partial charge in [-0.1, -0.05) is 12.1 Å². The van der Waals surface area contributed by atoms with E-state index in [0.29, 0.717) is 23.0 Å². The van der Waals surface area contributed by atoms with E-state index in [1.54, 1.807) is 24.3 Å². The molecule has 2 heterocycles. The topological polar surface area (TPSA) is 78.4 Å². The minimum Gasteiger partial charge on any atom is -0.485 e. The summed E-state index contributed by atoms with van der Waals surface area (Å²) < 4.78 is 22.5. The van der Waals surface area contributed by atoms with Crippen LogP contribution in [0.15, 0.2) is 46.0 Å². The van der Waals surface area contributed by atoms with Gasteiger partial charge < -0.3 is 18.9 Å². The van der Waals surface area contributed by atoms with E-state index in [4.69, 9.17) is 18.9 Å². The smallest absolute Gasteiger partial charge is 0.284 e. The van der Waals surface area contributed by atoms with Gasteiger partial charge in [0.15, 0.2) is 23.0 Å². The second kappa shape index (κ2) is 6.64. The fourth-order valence-corrected chi connectivity index (χ4v) is 2.84. The van der Waals surface area contributed by atoms with E-state index in [2.05, 4.69) is 26.5 Å². The number of carbonyl (C=O) groups excluding carboxylic acids is 1. The minimum atomic E-state index is -0.757. The largest absolute Gasteiger partial charge is 0.485 e. The van der Waals surface area contributed by atoms with E-state index in [0.717, 1.165) is 10.0 Å². The highest BCUT2D eigenvalue weighted by molar-refractivity contribution is 9.10. The van der Waals surface area contributed by atoms with Crippen LogP contribution in [0.1, 0.15) is 5.56 Å². The summed E-state index contributed by atoms with van der Waals surface area (Å²) in [6.45, 7) is 0.325. The maximum atomic E-state index is 12.2. The Labute approximate surface area is 151 Å². The van der Waals surface area contributed by atoms with Crippen molar-refractivity contribution < 1.29 is 23.7 Å². The van der Waals surface area contributed by atoms with Gasteiger partial charge in [-0.15, -0.1) is 0 Å². The molecule has 0 saturated heterocycles. The van der Waals surface area contributed by atoms with Crippen LogP contribution in [0.4, 0.5) is 0 Å². The number of nitrogens with zero attached hydrogens (tertiary/aromatic N) is 1. The lowest BCUT2D eigenvalue weighted by Crippen LogP contribution is -2.42. The summed E-state index contributed by atoms with van der Waals surface area (Å²) >= 11 is 3.43. The van der Waals surface area contributed by atoms with Crippen LogP contribution in [0.25, 0.3) is 0 Å². The summed E-state index contributed by atoms with van der Waals surface area (Å²) in [4.78, 5) is 12.2. The second-order valence-corrected chi connectivity index (χ2v) is 6.18. The van der Waals surface area contributed by atoms with Gasteiger partial charge >= 0.3 is 0 Å². The number of rotatable bonds is 3. The van der Waals surface area contributed by atoms with E-state index in [-0.39, 0.29) is 19.3 Å². The van der Waals surface area contributed by atoms with Gasteiger partial charge in [0.2, 0.25) is 12.9 Å². The van der Waals surface area contributed by atoms with Gasteiger partial charge in [-0.2, -0.15) is 5.10 Å². The Morgan fingerprint density at radius 2 is 1.88 bits per heavy atom. The molecule has 0 spiro atoms. The van der Waals surface area contributed by atoms with Crippen molar-refractivity contribution in [3.05, 3.63) is 46.4 Å². The highest BCUT2D eigenvalue weighted by Gasteiger charge is 2.27. The van der Waals surface area contributed by atoms with Crippen molar-refractivity contribution in [2.24, 2.45) is 5.10 Å². The average Bonchev–Trinajstić information content (AvgIpc) is 3.08. The van der Waals surface area contributed by atoms with E-state index in [1.807, 2.05) is 12.1 Å². The molecule has 7 nitrogen and oxygen atoms in total. The summed E-state index contributed by atoms with van der Waals surface area (Å²) in [7, 11) is 0. The van der Waals surface area contributed by atoms with Gasteiger partial charge in [0.25, 0.3) is 5.91 Å². The first-order valence-electron chi connectivity index (χ1n) is 7.51. The molecule has 0 saturated carbocycles. The van der Waals surface area contributed by atoms with E-state index < -0.39 is 6.10 Å². The molecule has 8 heteroatoms. The molecule has 128 valence electrons. The predicted octanol–water partition coefficient (Wildman–Crippen LogP) is 2.47. The highest BCUT2D eigenvalue weighted by Crippen LogP contribution is 2.36. The van der Waals surface area contributed by atoms with Crippen LogP contribution in [-0.2, 0) is 4.79 Å². The first kappa shape index (κ1) is 15.8. The molecule has 2 aliphatic heterocycles. The van der Waals surface area contributed by atoms with Crippen LogP contribution in [0.3, 0.4) is 0 Å². The number of fused-ring (bicyclic) bond motifs is 2. The normalized spacial score (nSPS) is 17.6. The van der Waals surface area contributed by atoms with Crippen LogP contribution in [-0.4, -0.2) is 31.6 Å². The summed E-state index contributed by atoms with van der Waals surface area (Å²) in [5, 5.41) is 3.97. The summed E-state index contributed by atoms with van der Waals surface area (Å²) in [5.41, 5.74) is 3.21. The Bertz CT molecular complexity index is 855. The fraction of sp³-hybridized carbons (Fsp3) is 0.176. The van der Waals surface area contributed by atoms with E-state index in [9.17, 15) is 4.79 Å². The number of hydrogen-bond acceptors (Lipinski definition) is 6. The molecule has 4 rings (SSSR count). The Morgan fingerprint density at radius 1 is 1.12 bits per heavy atom. The van der Waals surface area contributed by atoms with Crippen LogP contribution in [0.2, 0.25) is 0 Å². The standard InChI is InChI=1S/C17H13BrN2O5/c18-11-6-15-14(23-9-24-15)5-10(11)7-19-20-17(21)16-8-22-12-3-1-2-4-13(12)25-16/h1-7,16H,8-9H2,(H,20,21)/b19-7-/t16-/m1/s1. The van der Waals surface area contributed by atoms with Crippen molar-refractivity contribution >= 4 is 28.1 Å². The van der Waals surface area contributed by atoms with Crippen molar-refractivity contribution in [1.82, 2.24) is 5.43 Å². The molecular weight excluding hydrogens is 392 g/mol. The lowest BCUT2D eigenvalue weighted by molar-refractivity contribution is -0.130. The molecule has 0 aliphatic carbocycles. The molecule has 2 aromatic carbocycles. The zero-order valence-corrected chi connectivity index (χ0v) is 14.5. The van der Waals surface area contributed by atoms with Crippen molar-refractivity contribution in [3.8, 4) is 23.0 Å². The highest BCUT2D eigenvalue weighted by atomic mass is 79.9. The number of nitrogens with one attached hydrogen (secondary N) is 1. The van der Waals surface area contributed by atoms with Gasteiger partial charge in [-0.05, 0) is 40.2 Å². The van der Waals surface area contributed by atoms with Crippen LogP contribution in [0, 0.1) is 0 Å². The number of halogens is 1. The molecule has 2 aromatic rings. The monoisotopic (exact) mass is 404 g/mol. The van der Waals surface area contributed by atoms with Gasteiger partial charge in [0.1, 0.15) is 6.61 Å². The van der Waals surface area contributed by atoms with Gasteiger partial charge in [-0.3, -0.25) is 4.79 Å². The number of ether oxygens (including phenoxy) is 4. The van der Waals surface area contributed by atoms with Crippen molar-refractivity contribution in [2.75, 3.05) is 13.4 Å². The zero-order chi connectivity index (χ0) is 17.2. The number of carbonyl (C=O) groups is 1. The van der Waals surface area contributed by atoms with Crippen LogP contribution in [0.5, 0.6) is 23.0 Å². The fourth-order valence-electron chi connectivity index (χ4n) is 2.42. The maximum Gasteiger partial charge on any atom is 0.284 e. The van der Waals surface area contributed by atoms with E-state index >= 15 is 0 Å². The van der Waals surface area contributed by atoms with Gasteiger partial charge in [0.05, 0.1) is 6.21 Å². The first-order valence-corrected chi connectivity index (χ1v) is 8.30. The number of hydrazone groups is 1. The molecule has 2 aliphatic rings. The molecule has 0 unspecified atom stereocenters. The zero-order valence-electron chi connectivity index (χ0n) is 12.9. The molecule has 0 fully saturated rings. The third-order valence-corrected chi connectivity index (χ3v) is 4.36. The molecule has 1 amide bonds. The van der Waals surface area contributed by atoms with Crippen molar-refractivity contribution in [1.29, 1.82) is 0 Å². The number of amides is 1. The third kappa shape index (κ3) is 3.25. The quantitative estimate of drug-likeness (QED) is 0.627. The summed E-state index contributed by atoms with van der Waals surface area (Å²) in [5.74, 6) is 2.08. The number of benzene rings is 2. The molecule has 0 bridgehead atoms. The molecule has 0 radical (unpaired) electrons. The molecular formula is C17H13BrN2O5. The van der Waals surface area contributed by atoms with Crippen LogP contribution >= 0.6 is 15.9 Å². The first-order chi connectivity index (χ1) is 12.2. The summed E-state index contributed by atoms with van der Waals surface area (Å²) in [6, 6.07) is 10.8. The van der Waals surface area contributed by atoms with E-state index in [1.165, 1.54) is 6.21 Å². The van der Waals surface area contributed by atoms with Gasteiger partial charge in [0, 0.05) is 10.0 Å². The molecule has 1 N–H and O–H groups in total. The van der Waals surface area contributed by atoms with Crippen molar-refractivity contribution in [3.63, 3.8) is 0 Å². The summed E-state index contributed by atoms with van der Waals surface area (Å²) in [6.07, 6.45) is 0.758. The lowest BCUT2D eigenvalue weighted by atomic mass is 10.2. The Balaban J connectivity index is 1.40. The molecule has 0 aromatic heterocycles. The average molecular weight is 405 g/mol. The molecule has 1 atom stereocenters. The SMILES string of the molecule is O=C(N/N=C\c1cc2c(cc1Br)OCO2)[C@H]1COc2ccccc2O1. The maximum absolute atomic E-state index is 12.2. The number of hydrogen-bond donors (Lipinski definition) is 1. The predicted molar refractivity (Wildman–Crippen MR) is 92.4 cm³/mol. The third-order valence-electron chi connectivity index (χ3n) is 3.67. The van der Waals surface area contributed by atoms with Crippen molar-refractivity contribution in [2.45, 2.75) is 6.10 Å². The Hall–Kier alpha value is -2.74. The van der Waals surface area contributed by atoms with Gasteiger partial charge in [-0.25, -0.2) is 5.43 Å². The Morgan fingerprint density at radius 3 is 2.72 bits per heavy atom. The second-order valence-electron chi connectivity index (χ2n) is 5.33. The Kier molecular flexibility index (Phi) is 4.19. The molecule has 25 heavy (non-hydrogen) atoms. The van der Waals surface area contributed by atoms with Crippen LogP contribution < -0.4 is 24.4 Å².